The monoisotopic (exact) mass is 243 g/mol. The van der Waals surface area contributed by atoms with E-state index in [4.69, 9.17) is 10.8 Å². The van der Waals surface area contributed by atoms with Crippen molar-refractivity contribution in [2.24, 2.45) is 5.73 Å². The molecule has 1 fully saturated rings. The molecule has 0 aromatic heterocycles. The summed E-state index contributed by atoms with van der Waals surface area (Å²) >= 11 is 0. The van der Waals surface area contributed by atoms with E-state index >= 15 is 0 Å². The van der Waals surface area contributed by atoms with E-state index < -0.39 is 5.97 Å². The minimum atomic E-state index is -0.689. The largest absolute Gasteiger partial charge is 0.481 e. The molecule has 1 aliphatic rings. The van der Waals surface area contributed by atoms with E-state index in [-0.39, 0.29) is 6.42 Å². The number of nitrogens with zero attached hydrogens (tertiary/aromatic N) is 2. The Labute approximate surface area is 104 Å². The number of hydrogen-bond acceptors (Lipinski definition) is 4. The minimum absolute atomic E-state index is 0.288. The molecule has 17 heavy (non-hydrogen) atoms. The van der Waals surface area contributed by atoms with E-state index in [0.29, 0.717) is 0 Å². The van der Waals surface area contributed by atoms with Gasteiger partial charge in [-0.05, 0) is 38.9 Å². The summed E-state index contributed by atoms with van der Waals surface area (Å²) in [6.45, 7) is 7.22. The molecule has 1 heterocycles. The normalized spacial score (nSPS) is 18.4. The maximum atomic E-state index is 10.4. The Hall–Kier alpha value is -0.650. The maximum absolute atomic E-state index is 10.4. The lowest BCUT2D eigenvalue weighted by Gasteiger charge is -2.34. The van der Waals surface area contributed by atoms with Gasteiger partial charge in [-0.1, -0.05) is 0 Å². The Morgan fingerprint density at radius 1 is 1.00 bits per heavy atom. The summed E-state index contributed by atoms with van der Waals surface area (Å²) < 4.78 is 0. The van der Waals surface area contributed by atoms with Gasteiger partial charge in [-0.2, -0.15) is 0 Å². The molecule has 0 amide bonds. The van der Waals surface area contributed by atoms with Gasteiger partial charge in [0.05, 0.1) is 0 Å². The summed E-state index contributed by atoms with van der Waals surface area (Å²) in [5.74, 6) is -0.689. The second-order valence-corrected chi connectivity index (χ2v) is 4.68. The second-order valence-electron chi connectivity index (χ2n) is 4.68. The Balaban J connectivity index is 2.03. The highest BCUT2D eigenvalue weighted by atomic mass is 16.4. The van der Waals surface area contributed by atoms with Crippen LogP contribution in [0.4, 0.5) is 0 Å². The molecule has 0 radical (unpaired) electrons. The smallest absolute Gasteiger partial charge is 0.303 e. The van der Waals surface area contributed by atoms with Crippen LogP contribution in [0.5, 0.6) is 0 Å². The molecule has 3 N–H and O–H groups in total. The molecular weight excluding hydrogens is 218 g/mol. The van der Waals surface area contributed by atoms with Crippen LogP contribution in [0.25, 0.3) is 0 Å². The molecule has 0 aromatic carbocycles. The van der Waals surface area contributed by atoms with Crippen LogP contribution in [0.1, 0.15) is 25.7 Å². The van der Waals surface area contributed by atoms with Gasteiger partial charge in [0.25, 0.3) is 0 Å². The summed E-state index contributed by atoms with van der Waals surface area (Å²) in [4.78, 5) is 15.2. The zero-order chi connectivity index (χ0) is 12.5. The number of aliphatic carboxylic acids is 1. The Kier molecular flexibility index (Phi) is 7.16. The lowest BCUT2D eigenvalue weighted by atomic mass is 10.2. The van der Waals surface area contributed by atoms with Crippen molar-refractivity contribution in [1.82, 2.24) is 9.80 Å². The summed E-state index contributed by atoms with van der Waals surface area (Å²) in [5, 5.41) is 8.57. The van der Waals surface area contributed by atoms with Crippen molar-refractivity contribution >= 4 is 5.97 Å². The van der Waals surface area contributed by atoms with Gasteiger partial charge in [-0.15, -0.1) is 0 Å². The molecule has 1 saturated heterocycles. The van der Waals surface area contributed by atoms with Crippen LogP contribution in [0.3, 0.4) is 0 Å². The third kappa shape index (κ3) is 6.61. The predicted molar refractivity (Wildman–Crippen MR) is 68.0 cm³/mol. The number of unbranched alkanes of at least 4 members (excludes halogenated alkanes) is 1. The molecule has 1 rings (SSSR count). The zero-order valence-corrected chi connectivity index (χ0v) is 10.6. The molecule has 0 bridgehead atoms. The first-order valence-corrected chi connectivity index (χ1v) is 6.59. The Morgan fingerprint density at radius 3 is 2.00 bits per heavy atom. The number of nitrogens with two attached hydrogens (primary N) is 1. The summed E-state index contributed by atoms with van der Waals surface area (Å²) in [6, 6.07) is 0. The highest BCUT2D eigenvalue weighted by molar-refractivity contribution is 5.66. The van der Waals surface area contributed by atoms with Crippen LogP contribution < -0.4 is 5.73 Å². The molecule has 0 spiro atoms. The molecule has 0 unspecified atom stereocenters. The number of carbonyl (C=O) groups is 1. The van der Waals surface area contributed by atoms with E-state index in [1.54, 1.807) is 0 Å². The van der Waals surface area contributed by atoms with E-state index in [0.717, 1.165) is 58.7 Å². The van der Waals surface area contributed by atoms with Crippen LogP contribution in [0.15, 0.2) is 0 Å². The van der Waals surface area contributed by atoms with Crippen LogP contribution in [0.2, 0.25) is 0 Å². The van der Waals surface area contributed by atoms with Gasteiger partial charge < -0.3 is 20.6 Å². The van der Waals surface area contributed by atoms with Crippen LogP contribution in [-0.4, -0.2) is 66.7 Å². The van der Waals surface area contributed by atoms with Crippen molar-refractivity contribution in [2.75, 3.05) is 45.8 Å². The lowest BCUT2D eigenvalue weighted by molar-refractivity contribution is -0.137. The fraction of sp³-hybridized carbons (Fsp3) is 0.917. The van der Waals surface area contributed by atoms with Gasteiger partial charge in [-0.3, -0.25) is 4.79 Å². The molecule has 0 aliphatic carbocycles. The van der Waals surface area contributed by atoms with Gasteiger partial charge in [-0.25, -0.2) is 0 Å². The highest BCUT2D eigenvalue weighted by Crippen LogP contribution is 2.04. The van der Waals surface area contributed by atoms with Crippen molar-refractivity contribution in [2.45, 2.75) is 25.7 Å². The molecule has 0 saturated carbocycles. The molecule has 100 valence electrons. The average Bonchev–Trinajstić information content (AvgIpc) is 2.31. The van der Waals surface area contributed by atoms with Gasteiger partial charge >= 0.3 is 5.97 Å². The quantitative estimate of drug-likeness (QED) is 0.596. The van der Waals surface area contributed by atoms with E-state index in [1.165, 1.54) is 6.42 Å². The summed E-state index contributed by atoms with van der Waals surface area (Å²) in [5.41, 5.74) is 5.47. The fourth-order valence-electron chi connectivity index (χ4n) is 2.17. The zero-order valence-electron chi connectivity index (χ0n) is 10.6. The lowest BCUT2D eigenvalue weighted by Crippen LogP contribution is -2.46. The number of carboxylic acids is 1. The third-order valence-corrected chi connectivity index (χ3v) is 3.26. The summed E-state index contributed by atoms with van der Waals surface area (Å²) in [7, 11) is 0. The Morgan fingerprint density at radius 2 is 1.53 bits per heavy atom. The Bertz CT molecular complexity index is 216. The third-order valence-electron chi connectivity index (χ3n) is 3.26. The van der Waals surface area contributed by atoms with Gasteiger partial charge in [0.2, 0.25) is 0 Å². The highest BCUT2D eigenvalue weighted by Gasteiger charge is 2.15. The number of rotatable bonds is 8. The van der Waals surface area contributed by atoms with E-state index in [1.807, 2.05) is 0 Å². The average molecular weight is 243 g/mol. The van der Waals surface area contributed by atoms with Crippen molar-refractivity contribution in [1.29, 1.82) is 0 Å². The minimum Gasteiger partial charge on any atom is -0.481 e. The molecular formula is C12H25N3O2. The molecule has 0 aromatic rings. The van der Waals surface area contributed by atoms with Crippen LogP contribution in [0, 0.1) is 0 Å². The maximum Gasteiger partial charge on any atom is 0.303 e. The second kappa shape index (κ2) is 8.44. The van der Waals surface area contributed by atoms with Gasteiger partial charge in [0.1, 0.15) is 0 Å². The first-order chi connectivity index (χ1) is 8.22. The molecule has 1 aliphatic heterocycles. The topological polar surface area (TPSA) is 69.8 Å². The SMILES string of the molecule is NCCCCN1CCN(CCCC(=O)O)CC1. The first kappa shape index (κ1) is 14.4. The number of hydrogen-bond donors (Lipinski definition) is 2. The molecule has 0 atom stereocenters. The van der Waals surface area contributed by atoms with Crippen molar-refractivity contribution in [3.05, 3.63) is 0 Å². The first-order valence-electron chi connectivity index (χ1n) is 6.59. The van der Waals surface area contributed by atoms with Gasteiger partial charge in [0.15, 0.2) is 0 Å². The molecule has 5 nitrogen and oxygen atoms in total. The van der Waals surface area contributed by atoms with Crippen molar-refractivity contribution in [3.63, 3.8) is 0 Å². The predicted octanol–water partition coefficient (Wildman–Crippen LogP) is 0.208. The summed E-state index contributed by atoms with van der Waals surface area (Å²) in [6.07, 6.45) is 3.35. The van der Waals surface area contributed by atoms with Crippen LogP contribution >= 0.6 is 0 Å². The van der Waals surface area contributed by atoms with E-state index in [9.17, 15) is 4.79 Å². The van der Waals surface area contributed by atoms with Crippen molar-refractivity contribution in [3.8, 4) is 0 Å². The number of piperazine rings is 1. The van der Waals surface area contributed by atoms with Gasteiger partial charge in [0, 0.05) is 32.6 Å². The standard InChI is InChI=1S/C12H25N3O2/c13-5-1-2-6-14-8-10-15(11-9-14)7-3-4-12(16)17/h1-11,13H2,(H,16,17). The number of carboxylic acid groups (broad SMARTS) is 1. The molecule has 5 heteroatoms. The van der Waals surface area contributed by atoms with E-state index in [2.05, 4.69) is 9.80 Å². The van der Waals surface area contributed by atoms with Crippen LogP contribution in [-0.2, 0) is 4.79 Å². The fourth-order valence-corrected chi connectivity index (χ4v) is 2.17. The van der Waals surface area contributed by atoms with Crippen molar-refractivity contribution < 1.29 is 9.90 Å².